The van der Waals surface area contributed by atoms with Crippen molar-refractivity contribution in [3.63, 3.8) is 0 Å². The van der Waals surface area contributed by atoms with E-state index in [2.05, 4.69) is 11.7 Å². The first-order chi connectivity index (χ1) is 3.62. The molecule has 0 fully saturated rings. The third-order valence-electron chi connectivity index (χ3n) is 1.04. The molecule has 44 valence electrons. The molecule has 0 amide bonds. The van der Waals surface area contributed by atoms with Gasteiger partial charge in [0, 0.05) is 0 Å². The van der Waals surface area contributed by atoms with Gasteiger partial charge in [0.25, 0.3) is 0 Å². The second-order valence-electron chi connectivity index (χ2n) is 1.99. The zero-order valence-corrected chi connectivity index (χ0v) is 5.23. The quantitative estimate of drug-likeness (QED) is 0.393. The number of hydrogen-bond donors (Lipinski definition) is 0. The summed E-state index contributed by atoms with van der Waals surface area (Å²) in [5, 5.41) is 0. The molecular formula is C6H10O2+2. The summed E-state index contributed by atoms with van der Waals surface area (Å²) in [6, 6.07) is 0. The van der Waals surface area contributed by atoms with Crippen LogP contribution in [0, 0.1) is 13.3 Å². The molecule has 0 rings (SSSR count). The normalized spacial score (nSPS) is 16.1. The molecule has 0 N–H and O–H groups in total. The van der Waals surface area contributed by atoms with Crippen LogP contribution in [0.15, 0.2) is 0 Å². The summed E-state index contributed by atoms with van der Waals surface area (Å²) in [7, 11) is 0. The van der Waals surface area contributed by atoms with Gasteiger partial charge in [-0.05, 0) is 0 Å². The van der Waals surface area contributed by atoms with Gasteiger partial charge in [0.2, 0.25) is 0 Å². The summed E-state index contributed by atoms with van der Waals surface area (Å²) < 4.78 is 14.1. The van der Waals surface area contributed by atoms with Gasteiger partial charge in [-0.3, -0.25) is 0 Å². The Morgan fingerprint density at radius 3 is 2.50 bits per heavy atom. The van der Waals surface area contributed by atoms with Crippen LogP contribution < -0.4 is 0 Å². The molecule has 1 unspecified atom stereocenters. The zero-order chi connectivity index (χ0) is 6.62. The summed E-state index contributed by atoms with van der Waals surface area (Å²) in [4.78, 5) is 0. The van der Waals surface area contributed by atoms with E-state index in [1.165, 1.54) is 6.33 Å². The summed E-state index contributed by atoms with van der Waals surface area (Å²) >= 11 is 0. The van der Waals surface area contributed by atoms with Crippen LogP contribution in [0.1, 0.15) is 20.3 Å². The van der Waals surface area contributed by atoms with Crippen molar-refractivity contribution in [3.05, 3.63) is 6.92 Å². The van der Waals surface area contributed by atoms with Crippen molar-refractivity contribution in [2.75, 3.05) is 0 Å². The van der Waals surface area contributed by atoms with Gasteiger partial charge in [-0.2, -0.15) is 0 Å². The van der Waals surface area contributed by atoms with Crippen LogP contribution in [0.3, 0.4) is 0 Å². The minimum absolute atomic E-state index is 0.582. The van der Waals surface area contributed by atoms with Gasteiger partial charge < -0.3 is 0 Å². The first kappa shape index (κ1) is 7.41. The third kappa shape index (κ3) is 2.56. The van der Waals surface area contributed by atoms with Crippen LogP contribution in [0.4, 0.5) is 0 Å². The Morgan fingerprint density at radius 2 is 2.38 bits per heavy atom. The van der Waals surface area contributed by atoms with Crippen LogP contribution in [0.2, 0.25) is 0 Å². The van der Waals surface area contributed by atoms with Crippen LogP contribution in [0.25, 0.3) is 0 Å². The minimum atomic E-state index is -0.582. The molecule has 0 aromatic rings. The second-order valence-corrected chi connectivity index (χ2v) is 1.99. The number of ether oxygens (including phenoxy) is 1. The maximum absolute atomic E-state index is 9.59. The Morgan fingerprint density at radius 1 is 1.88 bits per heavy atom. The summed E-state index contributed by atoms with van der Waals surface area (Å²) in [6.45, 7) is 7.22. The molecule has 8 heavy (non-hydrogen) atoms. The van der Waals surface area contributed by atoms with Crippen LogP contribution in [0.5, 0.6) is 0 Å². The Bertz CT molecular complexity index is 99.6. The molecule has 0 radical (unpaired) electrons. The van der Waals surface area contributed by atoms with Crippen molar-refractivity contribution >= 4 is 0 Å². The van der Waals surface area contributed by atoms with Gasteiger partial charge in [-0.25, -0.2) is 0 Å². The Hall–Kier alpha value is -0.590. The van der Waals surface area contributed by atoms with Gasteiger partial charge in [0.15, 0.2) is 0 Å². The summed E-state index contributed by atoms with van der Waals surface area (Å²) in [5.74, 6) is 0. The SMILES string of the molecule is [CH2+]C(C)(CC)OC#[O+]. The van der Waals surface area contributed by atoms with E-state index >= 15 is 0 Å². The van der Waals surface area contributed by atoms with Crippen molar-refractivity contribution in [1.82, 2.24) is 0 Å². The van der Waals surface area contributed by atoms with Crippen LogP contribution >= 0.6 is 0 Å². The predicted octanol–water partition coefficient (Wildman–Crippen LogP) is 1.35. The molecule has 2 heteroatoms. The molecule has 0 spiro atoms. The first-order valence-corrected chi connectivity index (χ1v) is 2.53. The first-order valence-electron chi connectivity index (χ1n) is 2.53. The average Bonchev–Trinajstić information content (AvgIpc) is 1.67. The van der Waals surface area contributed by atoms with Gasteiger partial charge in [0.05, 0.1) is 0 Å². The topological polar surface area (TPSA) is 29.1 Å². The van der Waals surface area contributed by atoms with Crippen LogP contribution in [-0.2, 0) is 9.39 Å². The molecule has 0 heterocycles. The van der Waals surface area contributed by atoms with E-state index in [-0.39, 0.29) is 0 Å². The Labute approximate surface area is 49.6 Å². The zero-order valence-electron chi connectivity index (χ0n) is 5.23. The molecule has 0 aromatic carbocycles. The predicted molar refractivity (Wildman–Crippen MR) is 29.7 cm³/mol. The molecule has 0 saturated carbocycles. The van der Waals surface area contributed by atoms with Crippen LogP contribution in [-0.4, -0.2) is 5.60 Å². The molecule has 0 aromatic heterocycles. The molecule has 0 aliphatic carbocycles. The standard InChI is InChI=1S/C6H10O2/c1-4-6(2,3)8-5-7/h2,4H2,1,3H3/q+2. The van der Waals surface area contributed by atoms with Gasteiger partial charge in [0.1, 0.15) is 0 Å². The molecular weight excluding hydrogens is 104 g/mol. The van der Waals surface area contributed by atoms with Crippen molar-refractivity contribution in [2.24, 2.45) is 0 Å². The monoisotopic (exact) mass is 114 g/mol. The molecule has 0 aliphatic heterocycles. The number of hydrogen-bond acceptors (Lipinski definition) is 1. The van der Waals surface area contributed by atoms with Gasteiger partial charge >= 0.3 is 48.5 Å². The molecule has 2 nitrogen and oxygen atoms in total. The molecule has 0 bridgehead atoms. The van der Waals surface area contributed by atoms with E-state index in [0.29, 0.717) is 6.42 Å². The molecule has 0 aliphatic rings. The summed E-state index contributed by atoms with van der Waals surface area (Å²) in [6.07, 6.45) is 2.06. The van der Waals surface area contributed by atoms with Crippen molar-refractivity contribution < 1.29 is 9.39 Å². The van der Waals surface area contributed by atoms with E-state index in [1.54, 1.807) is 6.92 Å². The second kappa shape index (κ2) is 2.65. The fourth-order valence-electron chi connectivity index (χ4n) is 0.173. The average molecular weight is 114 g/mol. The molecule has 0 saturated heterocycles. The van der Waals surface area contributed by atoms with E-state index in [4.69, 9.17) is 0 Å². The van der Waals surface area contributed by atoms with E-state index in [0.717, 1.165) is 0 Å². The van der Waals surface area contributed by atoms with E-state index in [9.17, 15) is 4.65 Å². The van der Waals surface area contributed by atoms with Crippen molar-refractivity contribution in [2.45, 2.75) is 25.9 Å². The fourth-order valence-corrected chi connectivity index (χ4v) is 0.173. The maximum atomic E-state index is 9.59. The van der Waals surface area contributed by atoms with Gasteiger partial charge in [-0.1, -0.05) is 0 Å². The van der Waals surface area contributed by atoms with Crippen molar-refractivity contribution in [3.8, 4) is 6.33 Å². The third-order valence-corrected chi connectivity index (χ3v) is 1.04. The Balaban J connectivity index is 3.58. The van der Waals surface area contributed by atoms with E-state index in [1.807, 2.05) is 6.92 Å². The molecule has 1 atom stereocenters. The van der Waals surface area contributed by atoms with E-state index < -0.39 is 5.60 Å². The van der Waals surface area contributed by atoms with Crippen molar-refractivity contribution in [1.29, 1.82) is 0 Å². The fraction of sp³-hybridized carbons (Fsp3) is 0.667. The summed E-state index contributed by atoms with van der Waals surface area (Å²) in [5.41, 5.74) is -0.582. The Kier molecular flexibility index (Phi) is 2.46. The number of rotatable bonds is 2. The van der Waals surface area contributed by atoms with Gasteiger partial charge in [-0.15, -0.1) is 0 Å².